The summed E-state index contributed by atoms with van der Waals surface area (Å²) in [5.74, 6) is -1.21. The van der Waals surface area contributed by atoms with Crippen LogP contribution in [0.15, 0.2) is 0 Å². The lowest BCUT2D eigenvalue weighted by atomic mass is 9.98. The van der Waals surface area contributed by atoms with E-state index < -0.39 is 68.1 Å². The summed E-state index contributed by atoms with van der Waals surface area (Å²) in [5, 5.41) is 49.5. The van der Waals surface area contributed by atoms with Gasteiger partial charge in [0.05, 0.1) is 13.2 Å². The molecule has 0 aromatic carbocycles. The first-order chi connectivity index (χ1) is 18.7. The molecule has 11 heteroatoms. The fraction of sp³-hybridized carbons (Fsp3) is 0.929. The van der Waals surface area contributed by atoms with Gasteiger partial charge in [-0.15, -0.1) is 0 Å². The average molecular weight is 565 g/mol. The van der Waals surface area contributed by atoms with Crippen LogP contribution in [-0.2, 0) is 28.5 Å². The monoisotopic (exact) mass is 564 g/mol. The van der Waals surface area contributed by atoms with E-state index in [1.807, 2.05) is 0 Å². The molecule has 0 aromatic rings. The lowest BCUT2D eigenvalue weighted by molar-refractivity contribution is -0.308. The van der Waals surface area contributed by atoms with Crippen LogP contribution in [0.1, 0.15) is 104 Å². The van der Waals surface area contributed by atoms with Gasteiger partial charge in [0, 0.05) is 13.3 Å². The third-order valence-corrected chi connectivity index (χ3v) is 6.91. The molecular weight excluding hydrogens is 512 g/mol. The number of hydrogen-bond donors (Lipinski definition) is 5. The second-order valence-corrected chi connectivity index (χ2v) is 10.4. The number of aliphatic hydroxyl groups is 5. The normalized spacial score (nSPS) is 24.7. The second kappa shape index (κ2) is 21.4. The molecule has 0 aliphatic carbocycles. The number of aliphatic hydroxyl groups excluding tert-OH is 5. The Kier molecular flexibility index (Phi) is 19.6. The summed E-state index contributed by atoms with van der Waals surface area (Å²) in [7, 11) is 0. The zero-order valence-corrected chi connectivity index (χ0v) is 23.7. The van der Waals surface area contributed by atoms with Crippen LogP contribution in [-0.4, -0.2) is 100 Å². The van der Waals surface area contributed by atoms with Gasteiger partial charge in [-0.2, -0.15) is 0 Å². The molecule has 1 fully saturated rings. The SMILES string of the molecule is CCCCCCCCCCCCCCCC(=O)OC1C(O)C(COC(C)=O)OC(OCC(O)C(O)CO)C1O. The van der Waals surface area contributed by atoms with Crippen molar-refractivity contribution >= 4 is 11.9 Å². The molecule has 39 heavy (non-hydrogen) atoms. The predicted octanol–water partition coefficient (Wildman–Crippen LogP) is 2.12. The van der Waals surface area contributed by atoms with E-state index in [1.165, 1.54) is 64.7 Å². The van der Waals surface area contributed by atoms with Gasteiger partial charge in [-0.25, -0.2) is 0 Å². The molecule has 5 N–H and O–H groups in total. The van der Waals surface area contributed by atoms with E-state index in [-0.39, 0.29) is 13.0 Å². The van der Waals surface area contributed by atoms with Gasteiger partial charge in [0.1, 0.15) is 37.1 Å². The molecule has 0 spiro atoms. The minimum atomic E-state index is -1.61. The molecule has 11 nitrogen and oxygen atoms in total. The van der Waals surface area contributed by atoms with Gasteiger partial charge in [0.2, 0.25) is 0 Å². The van der Waals surface area contributed by atoms with Crippen LogP contribution in [0.25, 0.3) is 0 Å². The Hall–Kier alpha value is -1.34. The van der Waals surface area contributed by atoms with E-state index in [0.717, 1.165) is 19.3 Å². The molecule has 1 aliphatic rings. The van der Waals surface area contributed by atoms with Crippen LogP contribution >= 0.6 is 0 Å². The number of carbonyl (C=O) groups excluding carboxylic acids is 2. The first-order valence-electron chi connectivity index (χ1n) is 14.6. The van der Waals surface area contributed by atoms with Crippen LogP contribution in [0, 0.1) is 0 Å². The first kappa shape index (κ1) is 35.7. The van der Waals surface area contributed by atoms with E-state index in [1.54, 1.807) is 0 Å². The van der Waals surface area contributed by atoms with Gasteiger partial charge in [-0.1, -0.05) is 84.0 Å². The highest BCUT2D eigenvalue weighted by Crippen LogP contribution is 2.26. The summed E-state index contributed by atoms with van der Waals surface area (Å²) in [6, 6.07) is 0. The molecule has 0 aromatic heterocycles. The third-order valence-electron chi connectivity index (χ3n) is 6.91. The quantitative estimate of drug-likeness (QED) is 0.0963. The Balaban J connectivity index is 2.41. The van der Waals surface area contributed by atoms with Crippen molar-refractivity contribution in [2.45, 2.75) is 147 Å². The number of rotatable bonds is 22. The summed E-state index contributed by atoms with van der Waals surface area (Å²) in [6.45, 7) is 1.81. The molecule has 0 radical (unpaired) electrons. The number of unbranched alkanes of at least 4 members (excludes halogenated alkanes) is 12. The second-order valence-electron chi connectivity index (χ2n) is 10.4. The lowest BCUT2D eigenvalue weighted by Crippen LogP contribution is -2.61. The van der Waals surface area contributed by atoms with Crippen molar-refractivity contribution in [1.82, 2.24) is 0 Å². The van der Waals surface area contributed by atoms with Crippen LogP contribution in [0.2, 0.25) is 0 Å². The average Bonchev–Trinajstić information content (AvgIpc) is 2.91. The number of carbonyl (C=O) groups is 2. The molecule has 7 atom stereocenters. The van der Waals surface area contributed by atoms with Gasteiger partial charge in [-0.05, 0) is 6.42 Å². The van der Waals surface area contributed by atoms with Crippen LogP contribution in [0.4, 0.5) is 0 Å². The summed E-state index contributed by atoms with van der Waals surface area (Å²) in [4.78, 5) is 23.7. The Labute approximate surface area is 232 Å². The van der Waals surface area contributed by atoms with E-state index in [0.29, 0.717) is 6.42 Å². The predicted molar refractivity (Wildman–Crippen MR) is 143 cm³/mol. The van der Waals surface area contributed by atoms with Crippen LogP contribution < -0.4 is 0 Å². The fourth-order valence-corrected chi connectivity index (χ4v) is 4.44. The van der Waals surface area contributed by atoms with Crippen molar-refractivity contribution in [2.75, 3.05) is 19.8 Å². The number of esters is 2. The van der Waals surface area contributed by atoms with Gasteiger partial charge in [0.15, 0.2) is 12.4 Å². The fourth-order valence-electron chi connectivity index (χ4n) is 4.44. The minimum absolute atomic E-state index is 0.121. The molecule has 1 saturated heterocycles. The highest BCUT2D eigenvalue weighted by molar-refractivity contribution is 5.69. The molecule has 0 saturated carbocycles. The first-order valence-corrected chi connectivity index (χ1v) is 14.6. The van der Waals surface area contributed by atoms with Crippen molar-refractivity contribution in [2.24, 2.45) is 0 Å². The van der Waals surface area contributed by atoms with Crippen molar-refractivity contribution in [1.29, 1.82) is 0 Å². The molecule has 0 amide bonds. The Morgan fingerprint density at radius 1 is 0.821 bits per heavy atom. The lowest BCUT2D eigenvalue weighted by Gasteiger charge is -2.41. The standard InChI is InChI=1S/C28H52O11/c1-3-4-5-6-7-8-9-10-11-12-13-14-15-16-24(33)39-27-25(34)23(19-36-20(2)30)38-28(26(27)35)37-18-22(32)21(31)17-29/h21-23,25-29,31-32,34-35H,3-19H2,1-2H3. The largest absolute Gasteiger partial charge is 0.463 e. The molecule has 7 unspecified atom stereocenters. The van der Waals surface area contributed by atoms with E-state index in [4.69, 9.17) is 24.1 Å². The van der Waals surface area contributed by atoms with Gasteiger partial charge < -0.3 is 44.5 Å². The molecule has 0 bridgehead atoms. The van der Waals surface area contributed by atoms with Crippen molar-refractivity contribution in [3.63, 3.8) is 0 Å². The Morgan fingerprint density at radius 2 is 1.36 bits per heavy atom. The highest BCUT2D eigenvalue weighted by Gasteiger charge is 2.48. The van der Waals surface area contributed by atoms with Crippen molar-refractivity contribution in [3.05, 3.63) is 0 Å². The van der Waals surface area contributed by atoms with Crippen molar-refractivity contribution in [3.8, 4) is 0 Å². The Morgan fingerprint density at radius 3 is 1.87 bits per heavy atom. The van der Waals surface area contributed by atoms with Gasteiger partial charge in [0.25, 0.3) is 0 Å². The molecule has 230 valence electrons. The molecule has 1 rings (SSSR count). The zero-order valence-electron chi connectivity index (χ0n) is 23.7. The molecular formula is C28H52O11. The maximum atomic E-state index is 12.5. The topological polar surface area (TPSA) is 172 Å². The van der Waals surface area contributed by atoms with Crippen LogP contribution in [0.3, 0.4) is 0 Å². The summed E-state index contributed by atoms with van der Waals surface area (Å²) in [5.41, 5.74) is 0. The summed E-state index contributed by atoms with van der Waals surface area (Å²) >= 11 is 0. The zero-order chi connectivity index (χ0) is 29.0. The summed E-state index contributed by atoms with van der Waals surface area (Å²) < 4.78 is 21.1. The number of ether oxygens (including phenoxy) is 4. The summed E-state index contributed by atoms with van der Waals surface area (Å²) in [6.07, 6.45) is 5.28. The van der Waals surface area contributed by atoms with Crippen LogP contribution in [0.5, 0.6) is 0 Å². The third kappa shape index (κ3) is 15.3. The van der Waals surface area contributed by atoms with Gasteiger partial charge in [-0.3, -0.25) is 9.59 Å². The van der Waals surface area contributed by atoms with E-state index in [9.17, 15) is 30.0 Å². The maximum absolute atomic E-state index is 12.5. The smallest absolute Gasteiger partial charge is 0.306 e. The molecule has 1 aliphatic heterocycles. The van der Waals surface area contributed by atoms with Crippen molar-refractivity contribution < 1.29 is 54.1 Å². The minimum Gasteiger partial charge on any atom is -0.463 e. The van der Waals surface area contributed by atoms with E-state index >= 15 is 0 Å². The highest BCUT2D eigenvalue weighted by atomic mass is 16.7. The Bertz CT molecular complexity index is 647. The number of hydrogen-bond acceptors (Lipinski definition) is 11. The maximum Gasteiger partial charge on any atom is 0.306 e. The molecule has 1 heterocycles. The van der Waals surface area contributed by atoms with Gasteiger partial charge >= 0.3 is 11.9 Å². The van der Waals surface area contributed by atoms with E-state index in [2.05, 4.69) is 6.92 Å².